The van der Waals surface area contributed by atoms with Crippen LogP contribution in [0.5, 0.6) is 0 Å². The maximum absolute atomic E-state index is 5.36. The standard InChI is InChI=1S/C18H29N5O.HI/c1-5-16-15(17(6-2)23(4)22-16)13-21-18(19-7-3)20-11-10-14-9-8-12-24-14;/h8-9,12H,5-7,10-11,13H2,1-4H3,(H2,19,20,21);1H. The molecule has 2 aromatic rings. The van der Waals surface area contributed by atoms with E-state index in [1.807, 2.05) is 23.9 Å². The lowest BCUT2D eigenvalue weighted by Gasteiger charge is -2.11. The topological polar surface area (TPSA) is 67.4 Å². The normalized spacial score (nSPS) is 11.3. The van der Waals surface area contributed by atoms with E-state index >= 15 is 0 Å². The highest BCUT2D eigenvalue weighted by Gasteiger charge is 2.13. The number of rotatable bonds is 8. The Morgan fingerprint density at radius 1 is 1.24 bits per heavy atom. The summed E-state index contributed by atoms with van der Waals surface area (Å²) in [4.78, 5) is 4.74. The summed E-state index contributed by atoms with van der Waals surface area (Å²) >= 11 is 0. The van der Waals surface area contributed by atoms with Crippen LogP contribution >= 0.6 is 24.0 Å². The molecule has 0 saturated heterocycles. The Balaban J connectivity index is 0.00000312. The van der Waals surface area contributed by atoms with Crippen molar-refractivity contribution in [2.45, 2.75) is 46.6 Å². The van der Waals surface area contributed by atoms with Crippen LogP contribution in [0, 0.1) is 0 Å². The first kappa shape index (κ1) is 21.5. The van der Waals surface area contributed by atoms with Crippen LogP contribution in [0.1, 0.15) is 43.5 Å². The van der Waals surface area contributed by atoms with E-state index in [4.69, 9.17) is 9.41 Å². The van der Waals surface area contributed by atoms with Gasteiger partial charge in [-0.25, -0.2) is 4.99 Å². The van der Waals surface area contributed by atoms with E-state index in [1.165, 1.54) is 11.3 Å². The number of aliphatic imine (C=N–C) groups is 1. The zero-order valence-electron chi connectivity index (χ0n) is 15.6. The molecule has 0 saturated carbocycles. The van der Waals surface area contributed by atoms with E-state index in [0.29, 0.717) is 6.54 Å². The van der Waals surface area contributed by atoms with E-state index in [1.54, 1.807) is 6.26 Å². The molecule has 0 aliphatic heterocycles. The third-order valence-corrected chi connectivity index (χ3v) is 4.01. The molecule has 0 aliphatic carbocycles. The molecule has 2 rings (SSSR count). The van der Waals surface area contributed by atoms with Crippen LogP contribution in [0.3, 0.4) is 0 Å². The average molecular weight is 459 g/mol. The van der Waals surface area contributed by atoms with Crippen LogP contribution in [-0.2, 0) is 32.9 Å². The Morgan fingerprint density at radius 3 is 2.64 bits per heavy atom. The number of hydrogen-bond acceptors (Lipinski definition) is 3. The van der Waals surface area contributed by atoms with E-state index in [0.717, 1.165) is 49.8 Å². The minimum atomic E-state index is 0. The van der Waals surface area contributed by atoms with Gasteiger partial charge in [-0.15, -0.1) is 24.0 Å². The van der Waals surface area contributed by atoms with E-state index in [9.17, 15) is 0 Å². The van der Waals surface area contributed by atoms with Gasteiger partial charge in [-0.3, -0.25) is 4.68 Å². The molecule has 0 unspecified atom stereocenters. The van der Waals surface area contributed by atoms with Gasteiger partial charge in [0, 0.05) is 37.8 Å². The first-order chi connectivity index (χ1) is 11.7. The number of halogens is 1. The fourth-order valence-electron chi connectivity index (χ4n) is 2.83. The third-order valence-electron chi connectivity index (χ3n) is 4.01. The number of aryl methyl sites for hydroxylation is 2. The van der Waals surface area contributed by atoms with Crippen molar-refractivity contribution in [1.29, 1.82) is 0 Å². The van der Waals surface area contributed by atoms with Gasteiger partial charge in [-0.05, 0) is 31.9 Å². The van der Waals surface area contributed by atoms with Crippen molar-refractivity contribution in [3.05, 3.63) is 41.1 Å². The van der Waals surface area contributed by atoms with E-state index in [-0.39, 0.29) is 24.0 Å². The van der Waals surface area contributed by atoms with Crippen molar-refractivity contribution in [3.63, 3.8) is 0 Å². The lowest BCUT2D eigenvalue weighted by atomic mass is 10.1. The van der Waals surface area contributed by atoms with Gasteiger partial charge >= 0.3 is 0 Å². The van der Waals surface area contributed by atoms with E-state index in [2.05, 4.69) is 36.5 Å². The fourth-order valence-corrected chi connectivity index (χ4v) is 2.83. The molecule has 6 nitrogen and oxygen atoms in total. The Kier molecular flexibility index (Phi) is 9.62. The SMILES string of the molecule is CCNC(=NCc1c(CC)nn(C)c1CC)NCCc1ccco1.I. The van der Waals surface area contributed by atoms with Gasteiger partial charge < -0.3 is 15.1 Å². The van der Waals surface area contributed by atoms with Crippen molar-refractivity contribution in [1.82, 2.24) is 20.4 Å². The number of aromatic nitrogens is 2. The first-order valence-corrected chi connectivity index (χ1v) is 8.77. The molecule has 0 spiro atoms. The van der Waals surface area contributed by atoms with Gasteiger partial charge in [0.15, 0.2) is 5.96 Å². The maximum atomic E-state index is 5.36. The Hall–Kier alpha value is -1.51. The second-order valence-corrected chi connectivity index (χ2v) is 5.65. The third kappa shape index (κ3) is 6.05. The average Bonchev–Trinajstić information content (AvgIpc) is 3.19. The number of furan rings is 1. The molecule has 0 aromatic carbocycles. The molecule has 25 heavy (non-hydrogen) atoms. The van der Waals surface area contributed by atoms with Gasteiger partial charge in [0.05, 0.1) is 18.5 Å². The van der Waals surface area contributed by atoms with Crippen LogP contribution in [-0.4, -0.2) is 28.8 Å². The molecule has 0 aliphatic rings. The Labute approximate surface area is 167 Å². The summed E-state index contributed by atoms with van der Waals surface area (Å²) in [5.41, 5.74) is 3.66. The molecule has 2 heterocycles. The van der Waals surface area contributed by atoms with Crippen molar-refractivity contribution in [2.75, 3.05) is 13.1 Å². The molecular formula is C18H30IN5O. The molecule has 0 fully saturated rings. The largest absolute Gasteiger partial charge is 0.469 e. The summed E-state index contributed by atoms with van der Waals surface area (Å²) in [5, 5.41) is 11.3. The molecular weight excluding hydrogens is 429 g/mol. The zero-order chi connectivity index (χ0) is 17.4. The van der Waals surface area contributed by atoms with Gasteiger partial charge in [-0.1, -0.05) is 13.8 Å². The number of hydrogen-bond donors (Lipinski definition) is 2. The minimum Gasteiger partial charge on any atom is -0.469 e. The molecule has 0 radical (unpaired) electrons. The number of guanidine groups is 1. The highest BCUT2D eigenvalue weighted by atomic mass is 127. The van der Waals surface area contributed by atoms with Crippen LogP contribution in [0.2, 0.25) is 0 Å². The lowest BCUT2D eigenvalue weighted by Crippen LogP contribution is -2.38. The zero-order valence-corrected chi connectivity index (χ0v) is 18.0. The van der Waals surface area contributed by atoms with Crippen LogP contribution in [0.4, 0.5) is 0 Å². The smallest absolute Gasteiger partial charge is 0.191 e. The summed E-state index contributed by atoms with van der Waals surface area (Å²) in [6, 6.07) is 3.90. The second kappa shape index (κ2) is 11.2. The first-order valence-electron chi connectivity index (χ1n) is 8.77. The summed E-state index contributed by atoms with van der Waals surface area (Å²) in [6.45, 7) is 8.64. The summed E-state index contributed by atoms with van der Waals surface area (Å²) in [6.07, 6.45) is 4.44. The van der Waals surface area contributed by atoms with Crippen LogP contribution < -0.4 is 10.6 Å². The molecule has 0 amide bonds. The maximum Gasteiger partial charge on any atom is 0.191 e. The second-order valence-electron chi connectivity index (χ2n) is 5.65. The van der Waals surface area contributed by atoms with Gasteiger partial charge in [0.1, 0.15) is 5.76 Å². The van der Waals surface area contributed by atoms with Gasteiger partial charge in [0.2, 0.25) is 0 Å². The molecule has 2 N–H and O–H groups in total. The molecule has 7 heteroatoms. The highest BCUT2D eigenvalue weighted by Crippen LogP contribution is 2.16. The molecule has 140 valence electrons. The lowest BCUT2D eigenvalue weighted by molar-refractivity contribution is 0.507. The van der Waals surface area contributed by atoms with Crippen LogP contribution in [0.15, 0.2) is 27.8 Å². The fraction of sp³-hybridized carbons (Fsp3) is 0.556. The Bertz CT molecular complexity index is 649. The summed E-state index contributed by atoms with van der Waals surface area (Å²) in [5.74, 6) is 1.81. The predicted octanol–water partition coefficient (Wildman–Crippen LogP) is 3.05. The minimum absolute atomic E-state index is 0. The summed E-state index contributed by atoms with van der Waals surface area (Å²) in [7, 11) is 2.01. The number of nitrogens with zero attached hydrogens (tertiary/aromatic N) is 3. The van der Waals surface area contributed by atoms with Crippen molar-refractivity contribution in [3.8, 4) is 0 Å². The predicted molar refractivity (Wildman–Crippen MR) is 113 cm³/mol. The molecule has 0 bridgehead atoms. The molecule has 0 atom stereocenters. The number of nitrogens with one attached hydrogen (secondary N) is 2. The monoisotopic (exact) mass is 459 g/mol. The summed E-state index contributed by atoms with van der Waals surface area (Å²) < 4.78 is 7.34. The van der Waals surface area contributed by atoms with Crippen molar-refractivity contribution in [2.24, 2.45) is 12.0 Å². The van der Waals surface area contributed by atoms with Gasteiger partial charge in [0.25, 0.3) is 0 Å². The molecule has 2 aromatic heterocycles. The van der Waals surface area contributed by atoms with Crippen molar-refractivity contribution < 1.29 is 4.42 Å². The van der Waals surface area contributed by atoms with Gasteiger partial charge in [-0.2, -0.15) is 5.10 Å². The van der Waals surface area contributed by atoms with Crippen LogP contribution in [0.25, 0.3) is 0 Å². The quantitative estimate of drug-likeness (QED) is 0.362. The highest BCUT2D eigenvalue weighted by molar-refractivity contribution is 14.0. The van der Waals surface area contributed by atoms with Crippen molar-refractivity contribution >= 4 is 29.9 Å². The van der Waals surface area contributed by atoms with E-state index < -0.39 is 0 Å². The Morgan fingerprint density at radius 2 is 2.04 bits per heavy atom.